The van der Waals surface area contributed by atoms with Crippen LogP contribution in [0.4, 0.5) is 4.39 Å². The lowest BCUT2D eigenvalue weighted by atomic mass is 9.52. The quantitative estimate of drug-likeness (QED) is 0.764. The number of piperidine rings is 1. The number of aromatic hydroxyl groups is 1. The molecule has 0 aromatic heterocycles. The van der Waals surface area contributed by atoms with Crippen molar-refractivity contribution in [1.29, 1.82) is 0 Å². The van der Waals surface area contributed by atoms with Gasteiger partial charge in [0, 0.05) is 11.5 Å². The Labute approximate surface area is 170 Å². The molecule has 1 saturated heterocycles. The Morgan fingerprint density at radius 3 is 2.90 bits per heavy atom. The van der Waals surface area contributed by atoms with Crippen LogP contribution in [-0.4, -0.2) is 23.7 Å². The van der Waals surface area contributed by atoms with Crippen LogP contribution in [-0.2, 0) is 23.2 Å². The van der Waals surface area contributed by atoms with Gasteiger partial charge in [0.2, 0.25) is 0 Å². The van der Waals surface area contributed by atoms with Crippen LogP contribution in [0.3, 0.4) is 0 Å². The molecule has 0 spiro atoms. The molecule has 2 aromatic rings. The average Bonchev–Trinajstić information content (AvgIpc) is 2.74. The Morgan fingerprint density at radius 2 is 2.07 bits per heavy atom. The number of hydrogen-bond acceptors (Lipinski definition) is 4. The van der Waals surface area contributed by atoms with Crippen LogP contribution < -0.4 is 5.32 Å². The molecule has 1 saturated carbocycles. The molecule has 5 heteroatoms. The first-order valence-corrected chi connectivity index (χ1v) is 10.6. The van der Waals surface area contributed by atoms with Gasteiger partial charge in [0.15, 0.2) is 11.6 Å². The molecule has 5 rings (SSSR count). The SMILES string of the molecule is O=C(OCc1ccccc1)c1c(F)c(O)cc2c1C[C@H]1NCC[C@@]23CCCC[C@@H]13. The predicted molar refractivity (Wildman–Crippen MR) is 107 cm³/mol. The van der Waals surface area contributed by atoms with E-state index in [1.165, 1.54) is 6.42 Å². The third-order valence-corrected chi connectivity index (χ3v) is 7.29. The van der Waals surface area contributed by atoms with Gasteiger partial charge in [-0.25, -0.2) is 9.18 Å². The number of rotatable bonds is 3. The minimum absolute atomic E-state index is 0.0681. The van der Waals surface area contributed by atoms with Crippen LogP contribution in [0.1, 0.15) is 59.2 Å². The summed E-state index contributed by atoms with van der Waals surface area (Å²) >= 11 is 0. The van der Waals surface area contributed by atoms with Gasteiger partial charge in [-0.3, -0.25) is 0 Å². The second-order valence-electron chi connectivity index (χ2n) is 8.70. The van der Waals surface area contributed by atoms with Gasteiger partial charge in [-0.15, -0.1) is 0 Å². The Morgan fingerprint density at radius 1 is 1.24 bits per heavy atom. The number of ether oxygens (including phenoxy) is 1. The zero-order valence-corrected chi connectivity index (χ0v) is 16.4. The van der Waals surface area contributed by atoms with Crippen molar-refractivity contribution in [3.63, 3.8) is 0 Å². The largest absolute Gasteiger partial charge is 0.505 e. The molecule has 152 valence electrons. The van der Waals surface area contributed by atoms with E-state index in [9.17, 15) is 14.3 Å². The molecule has 1 heterocycles. The van der Waals surface area contributed by atoms with Crippen molar-refractivity contribution in [2.75, 3.05) is 6.54 Å². The molecular formula is C24H26FNO3. The minimum Gasteiger partial charge on any atom is -0.505 e. The van der Waals surface area contributed by atoms with Gasteiger partial charge in [0.25, 0.3) is 0 Å². The summed E-state index contributed by atoms with van der Waals surface area (Å²) in [6, 6.07) is 11.2. The summed E-state index contributed by atoms with van der Waals surface area (Å²) in [6.07, 6.45) is 6.09. The number of hydrogen-bond donors (Lipinski definition) is 2. The topological polar surface area (TPSA) is 58.6 Å². The summed E-state index contributed by atoms with van der Waals surface area (Å²) in [5, 5.41) is 14.0. The monoisotopic (exact) mass is 395 g/mol. The summed E-state index contributed by atoms with van der Waals surface area (Å²) in [6.45, 7) is 1.01. The Hall–Kier alpha value is -2.40. The van der Waals surface area contributed by atoms with Crippen LogP contribution in [0.15, 0.2) is 36.4 Å². The van der Waals surface area contributed by atoms with Crippen LogP contribution in [0.5, 0.6) is 5.75 Å². The number of halogens is 1. The fourth-order valence-electron chi connectivity index (χ4n) is 6.04. The molecule has 2 fully saturated rings. The molecule has 2 aromatic carbocycles. The maximum absolute atomic E-state index is 15.0. The lowest BCUT2D eigenvalue weighted by Gasteiger charge is -2.56. The molecular weight excluding hydrogens is 369 g/mol. The Kier molecular flexibility index (Phi) is 4.58. The lowest BCUT2D eigenvalue weighted by molar-refractivity contribution is 0.0456. The minimum atomic E-state index is -0.856. The second-order valence-corrected chi connectivity index (χ2v) is 8.70. The molecule has 1 aliphatic heterocycles. The molecule has 2 aliphatic carbocycles. The van der Waals surface area contributed by atoms with Crippen LogP contribution >= 0.6 is 0 Å². The van der Waals surface area contributed by atoms with Gasteiger partial charge in [-0.2, -0.15) is 0 Å². The van der Waals surface area contributed by atoms with Gasteiger partial charge in [0.05, 0.1) is 0 Å². The number of fused-ring (bicyclic) bond motifs is 1. The van der Waals surface area contributed by atoms with E-state index in [2.05, 4.69) is 5.32 Å². The molecule has 29 heavy (non-hydrogen) atoms. The van der Waals surface area contributed by atoms with Gasteiger partial charge < -0.3 is 15.2 Å². The number of carbonyl (C=O) groups excluding carboxylic acids is 1. The van der Waals surface area contributed by atoms with Crippen molar-refractivity contribution < 1.29 is 19.0 Å². The van der Waals surface area contributed by atoms with Gasteiger partial charge in [-0.1, -0.05) is 43.2 Å². The highest BCUT2D eigenvalue weighted by Gasteiger charge is 2.52. The Balaban J connectivity index is 1.56. The number of phenols is 1. The first-order chi connectivity index (χ1) is 14.1. The third-order valence-electron chi connectivity index (χ3n) is 7.29. The molecule has 0 unspecified atom stereocenters. The van der Waals surface area contributed by atoms with E-state index in [0.717, 1.165) is 48.9 Å². The van der Waals surface area contributed by atoms with Crippen LogP contribution in [0, 0.1) is 11.7 Å². The highest BCUT2D eigenvalue weighted by Crippen LogP contribution is 2.55. The third kappa shape index (κ3) is 2.94. The maximum atomic E-state index is 15.0. The summed E-state index contributed by atoms with van der Waals surface area (Å²) in [7, 11) is 0. The normalized spacial score (nSPS) is 27.6. The summed E-state index contributed by atoms with van der Waals surface area (Å²) in [4.78, 5) is 12.9. The van der Waals surface area contributed by atoms with E-state index >= 15 is 0 Å². The van der Waals surface area contributed by atoms with Crippen molar-refractivity contribution >= 4 is 5.97 Å². The highest BCUT2D eigenvalue weighted by molar-refractivity contribution is 5.93. The summed E-state index contributed by atoms with van der Waals surface area (Å²) in [5.41, 5.74) is 2.41. The standard InChI is InChI=1S/C24H26FNO3/c25-22-20(27)13-18-16(21(22)23(28)29-14-15-6-2-1-3-7-15)12-19-17-8-4-5-9-24(17,18)10-11-26-19/h1-3,6-7,13,17,19,26-27H,4-5,8-12,14H2/t17-,19+,24+/m0/s1. The first kappa shape index (κ1) is 18.6. The zero-order valence-electron chi connectivity index (χ0n) is 16.4. The van der Waals surface area contributed by atoms with Crippen molar-refractivity contribution in [2.45, 2.75) is 56.6 Å². The fraction of sp³-hybridized carbons (Fsp3) is 0.458. The fourth-order valence-corrected chi connectivity index (χ4v) is 6.04. The maximum Gasteiger partial charge on any atom is 0.341 e. The van der Waals surface area contributed by atoms with E-state index in [0.29, 0.717) is 12.3 Å². The number of esters is 1. The van der Waals surface area contributed by atoms with Crippen LogP contribution in [0.2, 0.25) is 0 Å². The summed E-state index contributed by atoms with van der Waals surface area (Å²) in [5.74, 6) is -1.51. The number of nitrogens with one attached hydrogen (secondary N) is 1. The smallest absolute Gasteiger partial charge is 0.341 e. The van der Waals surface area contributed by atoms with Crippen molar-refractivity contribution in [3.05, 3.63) is 64.5 Å². The van der Waals surface area contributed by atoms with Gasteiger partial charge in [0.1, 0.15) is 12.2 Å². The number of phenolic OH excluding ortho intramolecular Hbond substituents is 1. The lowest BCUT2D eigenvalue weighted by Crippen LogP contribution is -2.59. The van der Waals surface area contributed by atoms with Crippen LogP contribution in [0.25, 0.3) is 0 Å². The van der Waals surface area contributed by atoms with Crippen molar-refractivity contribution in [3.8, 4) is 5.75 Å². The molecule has 3 aliphatic rings. The Bertz CT molecular complexity index is 941. The van der Waals surface area contributed by atoms with E-state index in [4.69, 9.17) is 4.74 Å². The molecule has 3 atom stereocenters. The molecule has 0 radical (unpaired) electrons. The van der Waals surface area contributed by atoms with E-state index < -0.39 is 17.5 Å². The van der Waals surface area contributed by atoms with Crippen molar-refractivity contribution in [1.82, 2.24) is 5.32 Å². The molecule has 4 nitrogen and oxygen atoms in total. The molecule has 0 amide bonds. The average molecular weight is 395 g/mol. The van der Waals surface area contributed by atoms with E-state index in [1.54, 1.807) is 6.07 Å². The zero-order chi connectivity index (χ0) is 20.0. The number of benzene rings is 2. The summed E-state index contributed by atoms with van der Waals surface area (Å²) < 4.78 is 20.5. The van der Waals surface area contributed by atoms with Gasteiger partial charge in [-0.05, 0) is 60.9 Å². The second kappa shape index (κ2) is 7.13. The first-order valence-electron chi connectivity index (χ1n) is 10.6. The molecule has 2 N–H and O–H groups in total. The molecule has 2 bridgehead atoms. The van der Waals surface area contributed by atoms with Crippen molar-refractivity contribution in [2.24, 2.45) is 5.92 Å². The van der Waals surface area contributed by atoms with Gasteiger partial charge >= 0.3 is 5.97 Å². The number of carbonyl (C=O) groups is 1. The van der Waals surface area contributed by atoms with E-state index in [-0.39, 0.29) is 23.6 Å². The van der Waals surface area contributed by atoms with E-state index in [1.807, 2.05) is 30.3 Å². The highest BCUT2D eigenvalue weighted by atomic mass is 19.1. The predicted octanol–water partition coefficient (Wildman–Crippen LogP) is 4.23.